The minimum absolute atomic E-state index is 0.414. The number of carboxylic acid groups (broad SMARTS) is 1. The van der Waals surface area contributed by atoms with Gasteiger partial charge in [0.2, 0.25) is 0 Å². The highest BCUT2D eigenvalue weighted by Gasteiger charge is 2.20. The van der Waals surface area contributed by atoms with Gasteiger partial charge in [-0.25, -0.2) is 9.59 Å². The molecule has 0 amide bonds. The first kappa shape index (κ1) is 23.9. The number of carboxylic acids is 1. The Morgan fingerprint density at radius 3 is 1.34 bits per heavy atom. The van der Waals surface area contributed by atoms with Crippen molar-refractivity contribution in [3.05, 3.63) is 59.7 Å². The van der Waals surface area contributed by atoms with Crippen LogP contribution >= 0.6 is 0 Å². The largest absolute Gasteiger partial charge is 0.497 e. The van der Waals surface area contributed by atoms with Crippen LogP contribution in [0.4, 0.5) is 0 Å². The van der Waals surface area contributed by atoms with E-state index in [0.717, 1.165) is 11.3 Å². The molecular formula is C21H26O8. The number of esters is 1. The quantitative estimate of drug-likeness (QED) is 0.668. The van der Waals surface area contributed by atoms with E-state index < -0.39 is 24.1 Å². The second-order valence-corrected chi connectivity index (χ2v) is 5.64. The molecule has 0 fully saturated rings. The molecule has 0 saturated heterocycles. The molecule has 2 atom stereocenters. The smallest absolute Gasteiger partial charge is 0.339 e. The van der Waals surface area contributed by atoms with Gasteiger partial charge in [0.15, 0.2) is 12.2 Å². The fourth-order valence-electron chi connectivity index (χ4n) is 2.41. The Labute approximate surface area is 169 Å². The van der Waals surface area contributed by atoms with Crippen molar-refractivity contribution in [3.63, 3.8) is 0 Å². The summed E-state index contributed by atoms with van der Waals surface area (Å²) in [5.74, 6) is 0.00722. The van der Waals surface area contributed by atoms with Crippen molar-refractivity contribution in [1.29, 1.82) is 0 Å². The summed E-state index contributed by atoms with van der Waals surface area (Å²) in [6.07, 6.45) is -1.60. The zero-order valence-electron chi connectivity index (χ0n) is 17.1. The Kier molecular flexibility index (Phi) is 10.2. The summed E-state index contributed by atoms with van der Waals surface area (Å²) >= 11 is 0. The number of ether oxygens (including phenoxy) is 5. The predicted molar refractivity (Wildman–Crippen MR) is 105 cm³/mol. The first-order valence-electron chi connectivity index (χ1n) is 8.55. The van der Waals surface area contributed by atoms with Gasteiger partial charge in [-0.3, -0.25) is 0 Å². The number of hydrogen-bond acceptors (Lipinski definition) is 7. The summed E-state index contributed by atoms with van der Waals surface area (Å²) in [4.78, 5) is 22.0. The van der Waals surface area contributed by atoms with Crippen LogP contribution in [0.2, 0.25) is 0 Å². The molecule has 1 N–H and O–H groups in total. The summed E-state index contributed by atoms with van der Waals surface area (Å²) in [5, 5.41) is 8.80. The third-order valence-electron chi connectivity index (χ3n) is 3.95. The number of aliphatic carboxylic acids is 1. The van der Waals surface area contributed by atoms with Crippen molar-refractivity contribution >= 4 is 11.9 Å². The first-order valence-corrected chi connectivity index (χ1v) is 8.55. The number of methoxy groups -OCH3 is 5. The van der Waals surface area contributed by atoms with Crippen LogP contribution in [0.25, 0.3) is 0 Å². The molecular weight excluding hydrogens is 380 g/mol. The van der Waals surface area contributed by atoms with Crippen molar-refractivity contribution in [3.8, 4) is 11.5 Å². The zero-order chi connectivity index (χ0) is 21.8. The molecule has 0 spiro atoms. The van der Waals surface area contributed by atoms with Crippen molar-refractivity contribution in [1.82, 2.24) is 0 Å². The lowest BCUT2D eigenvalue weighted by atomic mass is 10.1. The van der Waals surface area contributed by atoms with Crippen LogP contribution in [0.1, 0.15) is 23.3 Å². The van der Waals surface area contributed by atoms with E-state index in [1.165, 1.54) is 21.3 Å². The number of carbonyl (C=O) groups excluding carboxylic acids is 1. The van der Waals surface area contributed by atoms with Crippen molar-refractivity contribution in [2.24, 2.45) is 0 Å². The van der Waals surface area contributed by atoms with Gasteiger partial charge in [-0.15, -0.1) is 0 Å². The van der Waals surface area contributed by atoms with Crippen molar-refractivity contribution < 1.29 is 38.4 Å². The highest BCUT2D eigenvalue weighted by Crippen LogP contribution is 2.21. The van der Waals surface area contributed by atoms with E-state index in [0.29, 0.717) is 11.3 Å². The third-order valence-corrected chi connectivity index (χ3v) is 3.95. The molecule has 0 bridgehead atoms. The molecule has 2 rings (SSSR count). The van der Waals surface area contributed by atoms with E-state index in [9.17, 15) is 9.59 Å². The van der Waals surface area contributed by atoms with Gasteiger partial charge in [0.05, 0.1) is 21.3 Å². The topological polar surface area (TPSA) is 101 Å². The molecule has 0 aliphatic carbocycles. The van der Waals surface area contributed by atoms with Crippen LogP contribution in [-0.2, 0) is 23.8 Å². The van der Waals surface area contributed by atoms with Crippen LogP contribution in [-0.4, -0.2) is 52.6 Å². The third kappa shape index (κ3) is 7.10. The number of hydrogen-bond donors (Lipinski definition) is 1. The molecule has 0 heterocycles. The molecule has 0 radical (unpaired) electrons. The lowest BCUT2D eigenvalue weighted by Crippen LogP contribution is -2.15. The lowest BCUT2D eigenvalue weighted by Gasteiger charge is -2.13. The zero-order valence-corrected chi connectivity index (χ0v) is 17.1. The standard InChI is InChI=1S/C11H14O4.C10H12O4/c1-13-9-6-4-8(5-7-9)10(14-2)11(12)15-3;1-13-8-5-3-7(4-6-8)9(14-2)10(11)12/h4-7,10H,1-3H3;3-6,9H,1-2H3,(H,11,12)/t10-;9-/m00/s1. The Morgan fingerprint density at radius 1 is 0.690 bits per heavy atom. The minimum atomic E-state index is -1.00. The van der Waals surface area contributed by atoms with Crippen LogP contribution in [0.15, 0.2) is 48.5 Å². The molecule has 2 aromatic rings. The van der Waals surface area contributed by atoms with Gasteiger partial charge in [0.1, 0.15) is 11.5 Å². The van der Waals surface area contributed by atoms with Gasteiger partial charge in [0.25, 0.3) is 0 Å². The summed E-state index contributed by atoms with van der Waals surface area (Å²) < 4.78 is 24.5. The molecule has 29 heavy (non-hydrogen) atoms. The molecule has 0 unspecified atom stereocenters. The maximum atomic E-state index is 11.3. The second kappa shape index (κ2) is 12.4. The fraction of sp³-hybridized carbons (Fsp3) is 0.333. The SMILES string of the molecule is COC(=O)[C@@H](OC)c1ccc(OC)cc1.COc1ccc([C@H](OC)C(=O)O)cc1. The first-order chi connectivity index (χ1) is 13.9. The van der Waals surface area contributed by atoms with Gasteiger partial charge in [-0.2, -0.15) is 0 Å². The monoisotopic (exact) mass is 406 g/mol. The Balaban J connectivity index is 0.000000291. The van der Waals surface area contributed by atoms with Crippen LogP contribution < -0.4 is 9.47 Å². The van der Waals surface area contributed by atoms with E-state index >= 15 is 0 Å². The number of rotatable bonds is 8. The summed E-state index contributed by atoms with van der Waals surface area (Å²) in [7, 11) is 7.30. The van der Waals surface area contributed by atoms with Crippen LogP contribution in [0, 0.1) is 0 Å². The highest BCUT2D eigenvalue weighted by atomic mass is 16.6. The fourth-order valence-corrected chi connectivity index (χ4v) is 2.41. The van der Waals surface area contributed by atoms with Crippen molar-refractivity contribution in [2.45, 2.75) is 12.2 Å². The molecule has 2 aromatic carbocycles. The Morgan fingerprint density at radius 2 is 1.07 bits per heavy atom. The molecule has 0 saturated carbocycles. The molecule has 0 aromatic heterocycles. The van der Waals surface area contributed by atoms with Crippen LogP contribution in [0.5, 0.6) is 11.5 Å². The molecule has 0 aliphatic rings. The highest BCUT2D eigenvalue weighted by molar-refractivity contribution is 5.76. The normalized spacial score (nSPS) is 12.0. The summed E-state index contributed by atoms with van der Waals surface area (Å²) in [5.41, 5.74) is 1.34. The maximum Gasteiger partial charge on any atom is 0.339 e. The Bertz CT molecular complexity index is 755. The van der Waals surface area contributed by atoms with Crippen molar-refractivity contribution in [2.75, 3.05) is 35.5 Å². The van der Waals surface area contributed by atoms with Crippen LogP contribution in [0.3, 0.4) is 0 Å². The average Bonchev–Trinajstić information content (AvgIpc) is 2.75. The number of carbonyl (C=O) groups is 2. The summed E-state index contributed by atoms with van der Waals surface area (Å²) in [6, 6.07) is 13.8. The van der Waals surface area contributed by atoms with Gasteiger partial charge in [-0.1, -0.05) is 24.3 Å². The average molecular weight is 406 g/mol. The van der Waals surface area contributed by atoms with E-state index in [1.54, 1.807) is 62.8 Å². The molecule has 158 valence electrons. The number of benzene rings is 2. The predicted octanol–water partition coefficient (Wildman–Crippen LogP) is 3.02. The molecule has 8 nitrogen and oxygen atoms in total. The van der Waals surface area contributed by atoms with Gasteiger partial charge in [0, 0.05) is 14.2 Å². The lowest BCUT2D eigenvalue weighted by molar-refractivity contribution is -0.152. The second-order valence-electron chi connectivity index (χ2n) is 5.64. The van der Waals surface area contributed by atoms with Gasteiger partial charge in [-0.05, 0) is 35.4 Å². The van der Waals surface area contributed by atoms with E-state index in [1.807, 2.05) is 0 Å². The Hall–Kier alpha value is -3.10. The van der Waals surface area contributed by atoms with E-state index in [4.69, 9.17) is 24.1 Å². The van der Waals surface area contributed by atoms with E-state index in [2.05, 4.69) is 4.74 Å². The maximum absolute atomic E-state index is 11.3. The van der Waals surface area contributed by atoms with Gasteiger partial charge < -0.3 is 28.8 Å². The van der Waals surface area contributed by atoms with Gasteiger partial charge >= 0.3 is 11.9 Å². The minimum Gasteiger partial charge on any atom is -0.497 e. The molecule has 0 aliphatic heterocycles. The van der Waals surface area contributed by atoms with E-state index in [-0.39, 0.29) is 0 Å². The molecule has 8 heteroatoms. The summed E-state index contributed by atoms with van der Waals surface area (Å²) in [6.45, 7) is 0.